The van der Waals surface area contributed by atoms with Gasteiger partial charge in [0.1, 0.15) is 13.2 Å². The van der Waals surface area contributed by atoms with Crippen LogP contribution in [-0.4, -0.2) is 37.2 Å². The minimum absolute atomic E-state index is 0.0957. The molecule has 0 aliphatic rings. The quantitative estimate of drug-likeness (QED) is 0.0346. The number of carbonyl (C=O) groups is 3. The van der Waals surface area contributed by atoms with Crippen molar-refractivity contribution in [2.75, 3.05) is 13.2 Å². The van der Waals surface area contributed by atoms with Crippen molar-refractivity contribution in [3.05, 3.63) is 48.6 Å². The highest BCUT2D eigenvalue weighted by Gasteiger charge is 2.19. The molecule has 0 bridgehead atoms. The molecule has 0 amide bonds. The molecule has 0 aromatic carbocycles. The molecule has 0 rings (SSSR count). The zero-order valence-corrected chi connectivity index (χ0v) is 28.4. The summed E-state index contributed by atoms with van der Waals surface area (Å²) in [4.78, 5) is 37.0. The number of ether oxygens (including phenoxy) is 3. The standard InChI is InChI=1S/C38H64O6/c1-4-7-10-13-16-17-18-19-20-21-23-25-28-31-37(40)43-34-35(33-42-36(39)30-27-24-15-12-9-6-3)44-38(41)32-29-26-22-14-11-8-5-2/h7,10,16-17,19-20,23,25,35H,4-6,8-9,11-15,18,21-22,24,26-34H2,1-3H3/b10-7-,17-16-,20-19-,25-23-. The van der Waals surface area contributed by atoms with Crippen molar-refractivity contribution in [3.8, 4) is 0 Å². The Labute approximate surface area is 269 Å². The summed E-state index contributed by atoms with van der Waals surface area (Å²) in [5, 5.41) is 0. The number of carbonyl (C=O) groups excluding carboxylic acids is 3. The smallest absolute Gasteiger partial charge is 0.306 e. The maximum Gasteiger partial charge on any atom is 0.306 e. The van der Waals surface area contributed by atoms with Gasteiger partial charge in [-0.1, -0.05) is 140 Å². The van der Waals surface area contributed by atoms with Crippen LogP contribution in [0.15, 0.2) is 48.6 Å². The molecule has 44 heavy (non-hydrogen) atoms. The third-order valence-corrected chi connectivity index (χ3v) is 7.11. The van der Waals surface area contributed by atoms with Gasteiger partial charge in [0.15, 0.2) is 6.10 Å². The fourth-order valence-electron chi connectivity index (χ4n) is 4.45. The van der Waals surface area contributed by atoms with Gasteiger partial charge in [-0.3, -0.25) is 14.4 Å². The van der Waals surface area contributed by atoms with E-state index < -0.39 is 6.10 Å². The lowest BCUT2D eigenvalue weighted by atomic mass is 10.1. The lowest BCUT2D eigenvalue weighted by Gasteiger charge is -2.18. The maximum absolute atomic E-state index is 12.5. The van der Waals surface area contributed by atoms with Crippen LogP contribution in [0, 0.1) is 0 Å². The molecule has 0 radical (unpaired) electrons. The van der Waals surface area contributed by atoms with Crippen molar-refractivity contribution in [3.63, 3.8) is 0 Å². The van der Waals surface area contributed by atoms with Crippen molar-refractivity contribution in [1.29, 1.82) is 0 Å². The van der Waals surface area contributed by atoms with E-state index in [1.807, 2.05) is 12.2 Å². The lowest BCUT2D eigenvalue weighted by molar-refractivity contribution is -0.166. The van der Waals surface area contributed by atoms with E-state index in [9.17, 15) is 14.4 Å². The molecule has 0 aliphatic heterocycles. The van der Waals surface area contributed by atoms with Crippen LogP contribution in [0.25, 0.3) is 0 Å². The fourth-order valence-corrected chi connectivity index (χ4v) is 4.45. The number of rotatable bonds is 30. The summed E-state index contributed by atoms with van der Waals surface area (Å²) < 4.78 is 16.4. The zero-order valence-electron chi connectivity index (χ0n) is 28.4. The largest absolute Gasteiger partial charge is 0.462 e. The van der Waals surface area contributed by atoms with E-state index in [-0.39, 0.29) is 37.5 Å². The second-order valence-corrected chi connectivity index (χ2v) is 11.4. The van der Waals surface area contributed by atoms with Crippen LogP contribution in [-0.2, 0) is 28.6 Å². The molecular formula is C38H64O6. The lowest BCUT2D eigenvalue weighted by Crippen LogP contribution is -2.30. The van der Waals surface area contributed by atoms with Crippen molar-refractivity contribution in [2.45, 2.75) is 162 Å². The molecule has 0 spiro atoms. The van der Waals surface area contributed by atoms with Crippen LogP contribution >= 0.6 is 0 Å². The molecule has 0 saturated heterocycles. The number of allylic oxidation sites excluding steroid dienone is 8. The Bertz CT molecular complexity index is 810. The van der Waals surface area contributed by atoms with Gasteiger partial charge in [-0.2, -0.15) is 0 Å². The van der Waals surface area contributed by atoms with Crippen LogP contribution in [0.1, 0.15) is 156 Å². The van der Waals surface area contributed by atoms with E-state index in [0.717, 1.165) is 64.2 Å². The van der Waals surface area contributed by atoms with Gasteiger partial charge in [0, 0.05) is 19.3 Å². The average Bonchev–Trinajstić information content (AvgIpc) is 3.02. The van der Waals surface area contributed by atoms with Crippen molar-refractivity contribution >= 4 is 17.9 Å². The summed E-state index contributed by atoms with van der Waals surface area (Å²) in [6, 6.07) is 0. The van der Waals surface area contributed by atoms with E-state index in [2.05, 4.69) is 57.2 Å². The van der Waals surface area contributed by atoms with Crippen LogP contribution in [0.3, 0.4) is 0 Å². The molecule has 0 saturated carbocycles. The first-order chi connectivity index (χ1) is 21.5. The molecule has 6 nitrogen and oxygen atoms in total. The molecule has 0 aliphatic carbocycles. The number of hydrogen-bond acceptors (Lipinski definition) is 6. The third kappa shape index (κ3) is 30.8. The van der Waals surface area contributed by atoms with Crippen molar-refractivity contribution in [2.24, 2.45) is 0 Å². The zero-order chi connectivity index (χ0) is 32.4. The summed E-state index contributed by atoms with van der Waals surface area (Å²) in [7, 11) is 0. The van der Waals surface area contributed by atoms with E-state index in [4.69, 9.17) is 14.2 Å². The second-order valence-electron chi connectivity index (χ2n) is 11.4. The third-order valence-electron chi connectivity index (χ3n) is 7.11. The highest BCUT2D eigenvalue weighted by Crippen LogP contribution is 2.11. The van der Waals surface area contributed by atoms with Crippen LogP contribution in [0.4, 0.5) is 0 Å². The first kappa shape index (κ1) is 41.4. The fraction of sp³-hybridized carbons (Fsp3) is 0.711. The highest BCUT2D eigenvalue weighted by molar-refractivity contribution is 5.71. The predicted octanol–water partition coefficient (Wildman–Crippen LogP) is 10.5. The summed E-state index contributed by atoms with van der Waals surface area (Å²) in [6.07, 6.45) is 35.7. The Morgan fingerprint density at radius 2 is 0.886 bits per heavy atom. The first-order valence-electron chi connectivity index (χ1n) is 17.6. The van der Waals surface area contributed by atoms with E-state index >= 15 is 0 Å². The minimum atomic E-state index is -0.790. The molecule has 0 heterocycles. The maximum atomic E-state index is 12.5. The summed E-state index contributed by atoms with van der Waals surface area (Å²) in [5.74, 6) is -1.01. The number of unbranched alkanes of at least 4 members (excludes halogenated alkanes) is 11. The van der Waals surface area contributed by atoms with Crippen LogP contribution in [0.2, 0.25) is 0 Å². The van der Waals surface area contributed by atoms with E-state index in [0.29, 0.717) is 19.3 Å². The molecule has 0 aromatic heterocycles. The molecule has 252 valence electrons. The molecule has 0 N–H and O–H groups in total. The normalized spacial score (nSPS) is 12.5. The SMILES string of the molecule is CC/C=C\C/C=C\C/C=C\C/C=C\CCC(=O)OCC(COC(=O)CCCCCCCC)OC(=O)CCCCCCCCC. The first-order valence-corrected chi connectivity index (χ1v) is 17.6. The van der Waals surface area contributed by atoms with Gasteiger partial charge in [0.25, 0.3) is 0 Å². The molecule has 1 unspecified atom stereocenters. The van der Waals surface area contributed by atoms with E-state index in [1.54, 1.807) is 0 Å². The Morgan fingerprint density at radius 3 is 1.39 bits per heavy atom. The van der Waals surface area contributed by atoms with Crippen molar-refractivity contribution in [1.82, 2.24) is 0 Å². The molecule has 0 fully saturated rings. The molecule has 1 atom stereocenters. The number of esters is 3. The Kier molecular flexibility index (Phi) is 31.3. The van der Waals surface area contributed by atoms with Gasteiger partial charge >= 0.3 is 17.9 Å². The predicted molar refractivity (Wildman–Crippen MR) is 182 cm³/mol. The number of hydrogen-bond donors (Lipinski definition) is 0. The van der Waals surface area contributed by atoms with Crippen LogP contribution < -0.4 is 0 Å². The van der Waals surface area contributed by atoms with Gasteiger partial charge < -0.3 is 14.2 Å². The molecule has 6 heteroatoms. The summed E-state index contributed by atoms with van der Waals surface area (Å²) in [6.45, 7) is 6.30. The second kappa shape index (κ2) is 33.3. The van der Waals surface area contributed by atoms with Gasteiger partial charge in [0.05, 0.1) is 0 Å². The van der Waals surface area contributed by atoms with Crippen molar-refractivity contribution < 1.29 is 28.6 Å². The monoisotopic (exact) mass is 616 g/mol. The topological polar surface area (TPSA) is 78.9 Å². The average molecular weight is 617 g/mol. The van der Waals surface area contributed by atoms with Gasteiger partial charge in [-0.05, 0) is 44.9 Å². The molecule has 0 aromatic rings. The summed E-state index contributed by atoms with van der Waals surface area (Å²) in [5.41, 5.74) is 0. The minimum Gasteiger partial charge on any atom is -0.462 e. The molecular weight excluding hydrogens is 552 g/mol. The van der Waals surface area contributed by atoms with Crippen LogP contribution in [0.5, 0.6) is 0 Å². The van der Waals surface area contributed by atoms with Gasteiger partial charge in [-0.15, -0.1) is 0 Å². The Balaban J connectivity index is 4.44. The van der Waals surface area contributed by atoms with E-state index in [1.165, 1.54) is 44.9 Å². The Hall–Kier alpha value is -2.63. The Morgan fingerprint density at radius 1 is 0.477 bits per heavy atom. The highest BCUT2D eigenvalue weighted by atomic mass is 16.6. The van der Waals surface area contributed by atoms with Gasteiger partial charge in [-0.25, -0.2) is 0 Å². The summed E-state index contributed by atoms with van der Waals surface area (Å²) >= 11 is 0. The van der Waals surface area contributed by atoms with Gasteiger partial charge in [0.2, 0.25) is 0 Å².